The number of carbonyl (C=O) groups excluding carboxylic acids is 1. The van der Waals surface area contributed by atoms with E-state index in [1.165, 1.54) is 0 Å². The van der Waals surface area contributed by atoms with Gasteiger partial charge in [-0.3, -0.25) is 14.8 Å². The Labute approximate surface area is 163 Å². The first-order valence-electron chi connectivity index (χ1n) is 9.26. The van der Waals surface area contributed by atoms with Crippen LogP contribution in [0, 0.1) is 6.92 Å². The molecular weight excluding hydrogens is 356 g/mol. The van der Waals surface area contributed by atoms with Crippen LogP contribution in [0.15, 0.2) is 41.3 Å². The van der Waals surface area contributed by atoms with Gasteiger partial charge in [0.25, 0.3) is 5.91 Å². The summed E-state index contributed by atoms with van der Waals surface area (Å²) in [5.41, 5.74) is 3.32. The molecule has 8 nitrogen and oxygen atoms in total. The van der Waals surface area contributed by atoms with E-state index >= 15 is 0 Å². The van der Waals surface area contributed by atoms with Gasteiger partial charge in [0, 0.05) is 50.3 Å². The Morgan fingerprint density at radius 2 is 1.96 bits per heavy atom. The summed E-state index contributed by atoms with van der Waals surface area (Å²) >= 11 is 0. The molecule has 3 aromatic heterocycles. The van der Waals surface area contributed by atoms with Crippen molar-refractivity contribution in [2.45, 2.75) is 13.3 Å². The average molecular weight is 378 g/mol. The summed E-state index contributed by atoms with van der Waals surface area (Å²) in [7, 11) is 2.06. The van der Waals surface area contributed by atoms with E-state index < -0.39 is 0 Å². The van der Waals surface area contributed by atoms with Gasteiger partial charge >= 0.3 is 0 Å². The third-order valence-corrected chi connectivity index (χ3v) is 4.99. The summed E-state index contributed by atoms with van der Waals surface area (Å²) in [6.07, 6.45) is 5.71. The molecule has 3 aromatic rings. The molecule has 0 aliphatic carbocycles. The lowest BCUT2D eigenvalue weighted by Gasteiger charge is -2.32. The number of amides is 1. The van der Waals surface area contributed by atoms with E-state index in [1.807, 2.05) is 17.9 Å². The molecule has 1 fully saturated rings. The van der Waals surface area contributed by atoms with E-state index in [0.717, 1.165) is 37.3 Å². The fourth-order valence-corrected chi connectivity index (χ4v) is 3.11. The van der Waals surface area contributed by atoms with E-state index in [9.17, 15) is 4.79 Å². The highest BCUT2D eigenvalue weighted by atomic mass is 16.5. The van der Waals surface area contributed by atoms with Crippen LogP contribution in [0.1, 0.15) is 27.5 Å². The van der Waals surface area contributed by atoms with E-state index in [2.05, 4.69) is 32.1 Å². The molecule has 28 heavy (non-hydrogen) atoms. The second-order valence-electron chi connectivity index (χ2n) is 7.02. The van der Waals surface area contributed by atoms with Crippen molar-refractivity contribution in [3.05, 3.63) is 59.5 Å². The fourth-order valence-electron chi connectivity index (χ4n) is 3.11. The standard InChI is InChI=1S/C20H22N6O2/c1-14-5-6-21-12-16(14)11-18-23-19(24-28-18)15-3-4-17(22-13-15)20(27)26-9-7-25(2)8-10-26/h3-6,12-13H,7-11H2,1-2H3. The smallest absolute Gasteiger partial charge is 0.272 e. The number of aryl methyl sites for hydroxylation is 1. The highest BCUT2D eigenvalue weighted by Crippen LogP contribution is 2.18. The second-order valence-corrected chi connectivity index (χ2v) is 7.02. The number of likely N-dealkylation sites (N-methyl/N-ethyl adjacent to an activating group) is 1. The predicted molar refractivity (Wildman–Crippen MR) is 103 cm³/mol. The van der Waals surface area contributed by atoms with Crippen molar-refractivity contribution >= 4 is 5.91 Å². The molecule has 4 rings (SSSR count). The number of hydrogen-bond acceptors (Lipinski definition) is 7. The number of rotatable bonds is 4. The van der Waals surface area contributed by atoms with Gasteiger partial charge in [-0.1, -0.05) is 5.16 Å². The lowest BCUT2D eigenvalue weighted by Crippen LogP contribution is -2.47. The third-order valence-electron chi connectivity index (χ3n) is 4.99. The first kappa shape index (κ1) is 18.2. The van der Waals surface area contributed by atoms with Gasteiger partial charge in [-0.05, 0) is 43.3 Å². The average Bonchev–Trinajstić information content (AvgIpc) is 3.18. The zero-order valence-electron chi connectivity index (χ0n) is 16.0. The van der Waals surface area contributed by atoms with Gasteiger partial charge in [0.1, 0.15) is 5.69 Å². The van der Waals surface area contributed by atoms with Crippen LogP contribution in [-0.4, -0.2) is 69.0 Å². The van der Waals surface area contributed by atoms with Gasteiger partial charge in [-0.2, -0.15) is 4.98 Å². The van der Waals surface area contributed by atoms with Crippen LogP contribution in [0.25, 0.3) is 11.4 Å². The largest absolute Gasteiger partial charge is 0.339 e. The maximum atomic E-state index is 12.6. The van der Waals surface area contributed by atoms with Crippen molar-refractivity contribution in [2.75, 3.05) is 33.2 Å². The van der Waals surface area contributed by atoms with Crippen LogP contribution in [0.2, 0.25) is 0 Å². The molecule has 0 radical (unpaired) electrons. The molecule has 0 N–H and O–H groups in total. The topological polar surface area (TPSA) is 88.3 Å². The van der Waals surface area contributed by atoms with Crippen molar-refractivity contribution < 1.29 is 9.32 Å². The van der Waals surface area contributed by atoms with E-state index in [0.29, 0.717) is 29.4 Å². The summed E-state index contributed by atoms with van der Waals surface area (Å²) in [6.45, 7) is 5.23. The molecule has 0 atom stereocenters. The molecule has 1 aliphatic rings. The Hall–Kier alpha value is -3.13. The van der Waals surface area contributed by atoms with Crippen molar-refractivity contribution in [1.29, 1.82) is 0 Å². The number of piperazine rings is 1. The Morgan fingerprint density at radius 3 is 2.68 bits per heavy atom. The minimum absolute atomic E-state index is 0.0412. The Balaban J connectivity index is 1.45. The number of nitrogens with zero attached hydrogens (tertiary/aromatic N) is 6. The Bertz CT molecular complexity index is 961. The minimum atomic E-state index is -0.0412. The molecule has 8 heteroatoms. The molecule has 0 aromatic carbocycles. The molecule has 0 unspecified atom stereocenters. The zero-order valence-corrected chi connectivity index (χ0v) is 16.0. The summed E-state index contributed by atoms with van der Waals surface area (Å²) in [5, 5.41) is 4.04. The predicted octanol–water partition coefficient (Wildman–Crippen LogP) is 1.81. The normalized spacial score (nSPS) is 15.0. The maximum absolute atomic E-state index is 12.6. The summed E-state index contributed by atoms with van der Waals surface area (Å²) in [6, 6.07) is 5.48. The highest BCUT2D eigenvalue weighted by Gasteiger charge is 2.21. The molecule has 1 amide bonds. The molecular formula is C20H22N6O2. The summed E-state index contributed by atoms with van der Waals surface area (Å²) < 4.78 is 5.36. The van der Waals surface area contributed by atoms with E-state index in [-0.39, 0.29) is 5.91 Å². The van der Waals surface area contributed by atoms with Crippen molar-refractivity contribution in [2.24, 2.45) is 0 Å². The monoisotopic (exact) mass is 378 g/mol. The second kappa shape index (κ2) is 7.85. The number of aromatic nitrogens is 4. The first-order chi connectivity index (χ1) is 13.6. The maximum Gasteiger partial charge on any atom is 0.272 e. The lowest BCUT2D eigenvalue weighted by molar-refractivity contribution is 0.0658. The quantitative estimate of drug-likeness (QED) is 0.684. The molecule has 144 valence electrons. The minimum Gasteiger partial charge on any atom is -0.339 e. The number of hydrogen-bond donors (Lipinski definition) is 0. The van der Waals surface area contributed by atoms with Gasteiger partial charge in [-0.25, -0.2) is 0 Å². The van der Waals surface area contributed by atoms with Gasteiger partial charge in [0.05, 0.1) is 6.42 Å². The molecule has 1 aliphatic heterocycles. The van der Waals surface area contributed by atoms with Crippen molar-refractivity contribution in [3.8, 4) is 11.4 Å². The number of pyridine rings is 2. The Morgan fingerprint density at radius 1 is 1.14 bits per heavy atom. The molecule has 0 bridgehead atoms. The number of carbonyl (C=O) groups is 1. The Kier molecular flexibility index (Phi) is 5.12. The van der Waals surface area contributed by atoms with Crippen LogP contribution in [-0.2, 0) is 6.42 Å². The van der Waals surface area contributed by atoms with Crippen molar-refractivity contribution in [3.63, 3.8) is 0 Å². The molecule has 4 heterocycles. The van der Waals surface area contributed by atoms with Crippen LogP contribution in [0.3, 0.4) is 0 Å². The van der Waals surface area contributed by atoms with Crippen LogP contribution in [0.4, 0.5) is 0 Å². The van der Waals surface area contributed by atoms with Crippen LogP contribution >= 0.6 is 0 Å². The fraction of sp³-hybridized carbons (Fsp3) is 0.350. The zero-order chi connectivity index (χ0) is 19.5. The SMILES string of the molecule is Cc1ccncc1Cc1nc(-c2ccc(C(=O)N3CCN(C)CC3)nc2)no1. The van der Waals surface area contributed by atoms with Crippen LogP contribution in [0.5, 0.6) is 0 Å². The van der Waals surface area contributed by atoms with Gasteiger partial charge < -0.3 is 14.3 Å². The lowest BCUT2D eigenvalue weighted by atomic mass is 10.1. The molecule has 1 saturated heterocycles. The van der Waals surface area contributed by atoms with E-state index in [4.69, 9.17) is 4.52 Å². The van der Waals surface area contributed by atoms with Crippen molar-refractivity contribution in [1.82, 2.24) is 29.9 Å². The summed E-state index contributed by atoms with van der Waals surface area (Å²) in [5.74, 6) is 0.937. The first-order valence-corrected chi connectivity index (χ1v) is 9.26. The molecule has 0 spiro atoms. The molecule has 0 saturated carbocycles. The van der Waals surface area contributed by atoms with Crippen LogP contribution < -0.4 is 0 Å². The third kappa shape index (κ3) is 3.91. The van der Waals surface area contributed by atoms with E-state index in [1.54, 1.807) is 30.7 Å². The van der Waals surface area contributed by atoms with Gasteiger partial charge in [0.2, 0.25) is 11.7 Å². The van der Waals surface area contributed by atoms with Gasteiger partial charge in [-0.15, -0.1) is 0 Å². The highest BCUT2D eigenvalue weighted by molar-refractivity contribution is 5.92. The van der Waals surface area contributed by atoms with Gasteiger partial charge in [0.15, 0.2) is 0 Å². The summed E-state index contributed by atoms with van der Waals surface area (Å²) in [4.78, 5) is 29.5.